The Labute approximate surface area is 175 Å². The van der Waals surface area contributed by atoms with Gasteiger partial charge in [0, 0.05) is 20.6 Å². The summed E-state index contributed by atoms with van der Waals surface area (Å²) in [7, 11) is 0. The first-order chi connectivity index (χ1) is 13.0. The van der Waals surface area contributed by atoms with E-state index in [1.807, 2.05) is 48.5 Å². The molecule has 0 spiro atoms. The van der Waals surface area contributed by atoms with E-state index in [0.29, 0.717) is 6.54 Å². The number of likely N-dealkylation sites (tertiary alicyclic amines) is 1. The zero-order valence-electron chi connectivity index (χ0n) is 14.8. The Bertz CT molecular complexity index is 806. The highest BCUT2D eigenvalue weighted by Gasteiger charge is 2.26. The third-order valence-electron chi connectivity index (χ3n) is 4.57. The standard InChI is InChI=1S/C20H21Br2N3O2/c21-15-6-7-18(17(22)12-15)24-19(26)13-25-10-8-14(9-11-25)20(27)23-16-4-2-1-3-5-16/h1-7,12,14H,8-11,13H2,(H,23,27)(H,24,26). The quantitative estimate of drug-likeness (QED) is 0.643. The second kappa shape index (κ2) is 9.48. The van der Waals surface area contributed by atoms with Crippen molar-refractivity contribution < 1.29 is 9.59 Å². The molecular formula is C20H21Br2N3O2. The van der Waals surface area contributed by atoms with Crippen molar-refractivity contribution in [1.29, 1.82) is 0 Å². The summed E-state index contributed by atoms with van der Waals surface area (Å²) in [4.78, 5) is 26.8. The van der Waals surface area contributed by atoms with Crippen LogP contribution in [0, 0.1) is 5.92 Å². The van der Waals surface area contributed by atoms with Crippen LogP contribution in [0.15, 0.2) is 57.5 Å². The van der Waals surface area contributed by atoms with E-state index >= 15 is 0 Å². The molecule has 142 valence electrons. The van der Waals surface area contributed by atoms with Gasteiger partial charge in [-0.05, 0) is 72.2 Å². The van der Waals surface area contributed by atoms with Gasteiger partial charge in [-0.3, -0.25) is 14.5 Å². The fourth-order valence-electron chi connectivity index (χ4n) is 3.10. The van der Waals surface area contributed by atoms with E-state index in [4.69, 9.17) is 0 Å². The highest BCUT2D eigenvalue weighted by molar-refractivity contribution is 9.11. The maximum absolute atomic E-state index is 12.4. The molecule has 5 nitrogen and oxygen atoms in total. The van der Waals surface area contributed by atoms with Gasteiger partial charge in [0.05, 0.1) is 12.2 Å². The topological polar surface area (TPSA) is 61.4 Å². The van der Waals surface area contributed by atoms with Gasteiger partial charge in [0.1, 0.15) is 0 Å². The maximum atomic E-state index is 12.4. The number of para-hydroxylation sites is 1. The van der Waals surface area contributed by atoms with Crippen LogP contribution in [-0.2, 0) is 9.59 Å². The van der Waals surface area contributed by atoms with Crippen LogP contribution in [0.5, 0.6) is 0 Å². The van der Waals surface area contributed by atoms with Crippen molar-refractivity contribution in [3.05, 3.63) is 57.5 Å². The average molecular weight is 495 g/mol. The summed E-state index contributed by atoms with van der Waals surface area (Å²) in [6.07, 6.45) is 1.52. The predicted octanol–water partition coefficient (Wildman–Crippen LogP) is 4.50. The van der Waals surface area contributed by atoms with Gasteiger partial charge in [-0.25, -0.2) is 0 Å². The van der Waals surface area contributed by atoms with Crippen molar-refractivity contribution in [3.63, 3.8) is 0 Å². The molecule has 2 N–H and O–H groups in total. The number of piperidine rings is 1. The van der Waals surface area contributed by atoms with Gasteiger partial charge in [-0.2, -0.15) is 0 Å². The Morgan fingerprint density at radius 1 is 1.00 bits per heavy atom. The number of anilines is 2. The number of amides is 2. The summed E-state index contributed by atoms with van der Waals surface area (Å²) in [6.45, 7) is 1.80. The Balaban J connectivity index is 1.45. The Hall–Kier alpha value is -1.70. The number of rotatable bonds is 5. The number of carbonyl (C=O) groups is 2. The molecule has 2 aromatic rings. The third-order valence-corrected chi connectivity index (χ3v) is 5.72. The summed E-state index contributed by atoms with van der Waals surface area (Å²) < 4.78 is 1.78. The monoisotopic (exact) mass is 493 g/mol. The van der Waals surface area contributed by atoms with Gasteiger partial charge < -0.3 is 10.6 Å². The molecule has 2 amide bonds. The van der Waals surface area contributed by atoms with Crippen molar-refractivity contribution in [3.8, 4) is 0 Å². The average Bonchev–Trinajstić information content (AvgIpc) is 2.65. The molecule has 0 aliphatic carbocycles. The fraction of sp³-hybridized carbons (Fsp3) is 0.300. The minimum Gasteiger partial charge on any atom is -0.326 e. The van der Waals surface area contributed by atoms with E-state index < -0.39 is 0 Å². The summed E-state index contributed by atoms with van der Waals surface area (Å²) in [5, 5.41) is 5.89. The van der Waals surface area contributed by atoms with Crippen LogP contribution in [0.25, 0.3) is 0 Å². The maximum Gasteiger partial charge on any atom is 0.238 e. The molecule has 1 aliphatic rings. The fourth-order valence-corrected chi connectivity index (χ4v) is 4.25. The lowest BCUT2D eigenvalue weighted by molar-refractivity contribution is -0.121. The number of benzene rings is 2. The molecule has 1 heterocycles. The van der Waals surface area contributed by atoms with Crippen LogP contribution in [0.2, 0.25) is 0 Å². The normalized spacial score (nSPS) is 15.3. The van der Waals surface area contributed by atoms with Gasteiger partial charge in [0.25, 0.3) is 0 Å². The van der Waals surface area contributed by atoms with Gasteiger partial charge in [0.2, 0.25) is 11.8 Å². The first kappa shape index (κ1) is 20.0. The molecule has 1 fully saturated rings. The highest BCUT2D eigenvalue weighted by atomic mass is 79.9. The molecular weight excluding hydrogens is 474 g/mol. The van der Waals surface area contributed by atoms with E-state index in [9.17, 15) is 9.59 Å². The number of hydrogen-bond acceptors (Lipinski definition) is 3. The van der Waals surface area contributed by atoms with Crippen molar-refractivity contribution in [2.45, 2.75) is 12.8 Å². The molecule has 0 aromatic heterocycles. The smallest absolute Gasteiger partial charge is 0.238 e. The van der Waals surface area contributed by atoms with Crippen molar-refractivity contribution in [1.82, 2.24) is 4.90 Å². The minimum absolute atomic E-state index is 0.00913. The van der Waals surface area contributed by atoms with Crippen LogP contribution in [-0.4, -0.2) is 36.3 Å². The predicted molar refractivity (Wildman–Crippen MR) is 115 cm³/mol. The Morgan fingerprint density at radius 2 is 1.70 bits per heavy atom. The van der Waals surface area contributed by atoms with E-state index in [-0.39, 0.29) is 17.7 Å². The zero-order chi connectivity index (χ0) is 19.2. The lowest BCUT2D eigenvalue weighted by Crippen LogP contribution is -2.41. The molecule has 27 heavy (non-hydrogen) atoms. The van der Waals surface area contributed by atoms with E-state index in [1.165, 1.54) is 0 Å². The van der Waals surface area contributed by atoms with E-state index in [2.05, 4.69) is 47.4 Å². The van der Waals surface area contributed by atoms with Gasteiger partial charge in [0.15, 0.2) is 0 Å². The molecule has 1 aliphatic heterocycles. The number of carbonyl (C=O) groups excluding carboxylic acids is 2. The third kappa shape index (κ3) is 5.89. The molecule has 3 rings (SSSR count). The summed E-state index contributed by atoms with van der Waals surface area (Å²) in [5.74, 6) is -0.000519. The molecule has 0 radical (unpaired) electrons. The number of halogens is 2. The lowest BCUT2D eigenvalue weighted by Gasteiger charge is -2.30. The minimum atomic E-state index is -0.0507. The van der Waals surface area contributed by atoms with Crippen molar-refractivity contribution in [2.24, 2.45) is 5.92 Å². The molecule has 0 atom stereocenters. The van der Waals surface area contributed by atoms with E-state index in [0.717, 1.165) is 46.3 Å². The second-order valence-corrected chi connectivity index (χ2v) is 8.35. The first-order valence-electron chi connectivity index (χ1n) is 8.84. The van der Waals surface area contributed by atoms with E-state index in [1.54, 1.807) is 0 Å². The van der Waals surface area contributed by atoms with Crippen molar-refractivity contribution >= 4 is 55.0 Å². The van der Waals surface area contributed by atoms with Gasteiger partial charge in [-0.15, -0.1) is 0 Å². The molecule has 2 aromatic carbocycles. The van der Waals surface area contributed by atoms with Gasteiger partial charge in [-0.1, -0.05) is 34.1 Å². The lowest BCUT2D eigenvalue weighted by atomic mass is 9.96. The van der Waals surface area contributed by atoms with Gasteiger partial charge >= 0.3 is 0 Å². The number of nitrogens with one attached hydrogen (secondary N) is 2. The summed E-state index contributed by atoms with van der Waals surface area (Å²) in [6, 6.07) is 15.1. The molecule has 0 saturated carbocycles. The summed E-state index contributed by atoms with van der Waals surface area (Å²) in [5.41, 5.74) is 1.57. The van der Waals surface area contributed by atoms with Crippen molar-refractivity contribution in [2.75, 3.05) is 30.3 Å². The Morgan fingerprint density at radius 3 is 2.37 bits per heavy atom. The van der Waals surface area contributed by atoms with Crippen LogP contribution in [0.3, 0.4) is 0 Å². The first-order valence-corrected chi connectivity index (χ1v) is 10.4. The van der Waals surface area contributed by atoms with Crippen LogP contribution < -0.4 is 10.6 Å². The molecule has 0 unspecified atom stereocenters. The van der Waals surface area contributed by atoms with Crippen LogP contribution in [0.4, 0.5) is 11.4 Å². The molecule has 7 heteroatoms. The van der Waals surface area contributed by atoms with Crippen LogP contribution >= 0.6 is 31.9 Å². The number of nitrogens with zero attached hydrogens (tertiary/aromatic N) is 1. The SMILES string of the molecule is O=C(CN1CCC(C(=O)Nc2ccccc2)CC1)Nc1ccc(Br)cc1Br. The van der Waals surface area contributed by atoms with Crippen LogP contribution in [0.1, 0.15) is 12.8 Å². The zero-order valence-corrected chi connectivity index (χ0v) is 17.9. The molecule has 0 bridgehead atoms. The number of hydrogen-bond donors (Lipinski definition) is 2. The summed E-state index contributed by atoms with van der Waals surface area (Å²) >= 11 is 6.85. The Kier molecular flexibility index (Phi) is 7.04. The highest BCUT2D eigenvalue weighted by Crippen LogP contribution is 2.26. The largest absolute Gasteiger partial charge is 0.326 e. The second-order valence-electron chi connectivity index (χ2n) is 6.58. The molecule has 1 saturated heterocycles.